The fourth-order valence-corrected chi connectivity index (χ4v) is 5.34. The molecule has 0 aliphatic heterocycles. The highest BCUT2D eigenvalue weighted by atomic mass is 79.9. The Morgan fingerprint density at radius 3 is 2.39 bits per heavy atom. The molecule has 0 bridgehead atoms. The van der Waals surface area contributed by atoms with Crippen LogP contribution < -0.4 is 0 Å². The van der Waals surface area contributed by atoms with E-state index >= 15 is 0 Å². The summed E-state index contributed by atoms with van der Waals surface area (Å²) in [6, 6.07) is 17.3. The van der Waals surface area contributed by atoms with Crippen molar-refractivity contribution in [1.82, 2.24) is 15.0 Å². The van der Waals surface area contributed by atoms with Gasteiger partial charge in [-0.25, -0.2) is 22.3 Å². The van der Waals surface area contributed by atoms with Gasteiger partial charge in [0.1, 0.15) is 11.5 Å². The molecule has 0 amide bonds. The van der Waals surface area contributed by atoms with Crippen molar-refractivity contribution in [2.24, 2.45) is 0 Å². The highest BCUT2D eigenvalue weighted by Crippen LogP contribution is 2.34. The quantitative estimate of drug-likeness (QED) is 0.435. The second-order valence-corrected chi connectivity index (χ2v) is 9.14. The molecule has 156 valence electrons. The smallest absolute Gasteiger partial charge is 0.335 e. The van der Waals surface area contributed by atoms with Crippen molar-refractivity contribution in [2.45, 2.75) is 9.92 Å². The second-order valence-electron chi connectivity index (χ2n) is 6.45. The molecular weight excluding hydrogens is 489 g/mol. The summed E-state index contributed by atoms with van der Waals surface area (Å²) in [5.41, 5.74) is 0.713. The Morgan fingerprint density at radius 2 is 1.71 bits per heavy atom. The first-order valence-corrected chi connectivity index (χ1v) is 11.1. The fraction of sp³-hybridized carbons (Fsp3) is 0. The van der Waals surface area contributed by atoms with Crippen LogP contribution in [0.4, 0.5) is 4.39 Å². The summed E-state index contributed by atoms with van der Waals surface area (Å²) in [5.74, 6) is -1.64. The Kier molecular flexibility index (Phi) is 5.42. The largest absolute Gasteiger partial charge is 0.478 e. The molecule has 10 heteroatoms. The van der Waals surface area contributed by atoms with Gasteiger partial charge in [-0.2, -0.15) is 0 Å². The zero-order valence-electron chi connectivity index (χ0n) is 15.6. The molecule has 31 heavy (non-hydrogen) atoms. The number of aromatic carboxylic acids is 1. The van der Waals surface area contributed by atoms with Gasteiger partial charge in [-0.05, 0) is 70.5 Å². The van der Waals surface area contributed by atoms with E-state index in [2.05, 4.69) is 26.2 Å². The molecule has 1 N–H and O–H groups in total. The van der Waals surface area contributed by atoms with E-state index in [9.17, 15) is 22.7 Å². The van der Waals surface area contributed by atoms with Gasteiger partial charge in [0.15, 0.2) is 0 Å². The molecule has 0 atom stereocenters. The van der Waals surface area contributed by atoms with Crippen LogP contribution >= 0.6 is 15.9 Å². The number of sulfone groups is 1. The molecule has 4 rings (SSSR count). The maximum absolute atomic E-state index is 13.5. The van der Waals surface area contributed by atoms with Crippen molar-refractivity contribution in [1.29, 1.82) is 0 Å². The predicted octanol–water partition coefficient (Wildman–Crippen LogP) is 4.37. The van der Waals surface area contributed by atoms with Gasteiger partial charge in [0.05, 0.1) is 16.1 Å². The minimum Gasteiger partial charge on any atom is -0.478 e. The minimum absolute atomic E-state index is 0.00623. The van der Waals surface area contributed by atoms with E-state index in [1.165, 1.54) is 53.2 Å². The lowest BCUT2D eigenvalue weighted by molar-refractivity contribution is 0.0697. The van der Waals surface area contributed by atoms with E-state index in [1.807, 2.05) is 0 Å². The third-order valence-corrected chi connectivity index (χ3v) is 7.15. The Bertz CT molecular complexity index is 1400. The number of carboxylic acids is 1. The first-order valence-electron chi connectivity index (χ1n) is 8.84. The molecule has 7 nitrogen and oxygen atoms in total. The third kappa shape index (κ3) is 3.87. The lowest BCUT2D eigenvalue weighted by Gasteiger charge is -2.10. The van der Waals surface area contributed by atoms with E-state index < -0.39 is 21.6 Å². The van der Waals surface area contributed by atoms with Crippen LogP contribution in [0.2, 0.25) is 0 Å². The van der Waals surface area contributed by atoms with Crippen molar-refractivity contribution in [2.75, 3.05) is 0 Å². The highest BCUT2D eigenvalue weighted by molar-refractivity contribution is 9.10. The van der Waals surface area contributed by atoms with Gasteiger partial charge in [0.2, 0.25) is 14.9 Å². The van der Waals surface area contributed by atoms with Crippen LogP contribution in [0, 0.1) is 5.82 Å². The van der Waals surface area contributed by atoms with E-state index in [0.717, 1.165) is 0 Å². The zero-order valence-corrected chi connectivity index (χ0v) is 18.0. The Balaban J connectivity index is 2.00. The molecule has 1 heterocycles. The molecule has 4 aromatic rings. The van der Waals surface area contributed by atoms with E-state index in [0.29, 0.717) is 15.7 Å². The molecule has 0 unspecified atom stereocenters. The zero-order chi connectivity index (χ0) is 22.2. The first kappa shape index (κ1) is 20.9. The van der Waals surface area contributed by atoms with E-state index in [4.69, 9.17) is 0 Å². The van der Waals surface area contributed by atoms with Crippen molar-refractivity contribution in [3.8, 4) is 16.9 Å². The summed E-state index contributed by atoms with van der Waals surface area (Å²) >= 11 is 3.25. The van der Waals surface area contributed by atoms with Crippen molar-refractivity contribution < 1.29 is 22.7 Å². The number of hydrogen-bond donors (Lipinski definition) is 1. The van der Waals surface area contributed by atoms with Crippen LogP contribution in [-0.4, -0.2) is 34.5 Å². The van der Waals surface area contributed by atoms with Crippen molar-refractivity contribution >= 4 is 31.7 Å². The average Bonchev–Trinajstić information content (AvgIpc) is 3.20. The monoisotopic (exact) mass is 501 g/mol. The average molecular weight is 502 g/mol. The van der Waals surface area contributed by atoms with Crippen LogP contribution in [0.15, 0.2) is 87.2 Å². The lowest BCUT2D eigenvalue weighted by atomic mass is 10.1. The number of hydrogen-bond acceptors (Lipinski definition) is 5. The summed E-state index contributed by atoms with van der Waals surface area (Å²) in [6.07, 6.45) is 0. The molecule has 0 saturated carbocycles. The van der Waals surface area contributed by atoms with Crippen LogP contribution in [0.5, 0.6) is 0 Å². The first-order chi connectivity index (χ1) is 14.8. The Hall–Kier alpha value is -3.37. The van der Waals surface area contributed by atoms with Crippen molar-refractivity contribution in [3.05, 3.63) is 88.6 Å². The van der Waals surface area contributed by atoms with Gasteiger partial charge in [0, 0.05) is 10.0 Å². The fourth-order valence-electron chi connectivity index (χ4n) is 3.02. The van der Waals surface area contributed by atoms with E-state index in [1.54, 1.807) is 24.3 Å². The molecule has 0 aliphatic carbocycles. The molecule has 1 aromatic heterocycles. The molecule has 0 saturated heterocycles. The molecular formula is C21H13BrFN3O4S. The van der Waals surface area contributed by atoms with Gasteiger partial charge in [-0.15, -0.1) is 5.10 Å². The summed E-state index contributed by atoms with van der Waals surface area (Å²) in [4.78, 5) is 11.4. The molecule has 0 spiro atoms. The van der Waals surface area contributed by atoms with E-state index in [-0.39, 0.29) is 21.2 Å². The number of carbonyl (C=O) groups is 1. The summed E-state index contributed by atoms with van der Waals surface area (Å²) < 4.78 is 41.9. The number of rotatable bonds is 5. The van der Waals surface area contributed by atoms with Gasteiger partial charge in [0.25, 0.3) is 0 Å². The Morgan fingerprint density at radius 1 is 1.00 bits per heavy atom. The topological polar surface area (TPSA) is 102 Å². The predicted molar refractivity (Wildman–Crippen MR) is 113 cm³/mol. The molecule has 3 aromatic carbocycles. The summed E-state index contributed by atoms with van der Waals surface area (Å²) in [6.45, 7) is 0. The van der Waals surface area contributed by atoms with Crippen LogP contribution in [-0.2, 0) is 9.84 Å². The maximum Gasteiger partial charge on any atom is 0.335 e. The molecule has 0 fully saturated rings. The molecule has 0 aliphatic rings. The van der Waals surface area contributed by atoms with Crippen molar-refractivity contribution in [3.63, 3.8) is 0 Å². The second kappa shape index (κ2) is 8.05. The summed E-state index contributed by atoms with van der Waals surface area (Å²) in [5, 5.41) is 16.9. The number of halogens is 2. The molecule has 0 radical (unpaired) electrons. The Labute approximate surface area is 184 Å². The number of carboxylic acid groups (broad SMARTS) is 1. The number of nitrogens with zero attached hydrogens (tertiary/aromatic N) is 3. The lowest BCUT2D eigenvalue weighted by Crippen LogP contribution is -2.07. The van der Waals surface area contributed by atoms with Crippen LogP contribution in [0.25, 0.3) is 16.9 Å². The highest BCUT2D eigenvalue weighted by Gasteiger charge is 2.30. The maximum atomic E-state index is 13.5. The van der Waals surface area contributed by atoms with Gasteiger partial charge >= 0.3 is 5.97 Å². The third-order valence-electron chi connectivity index (χ3n) is 4.48. The standard InChI is InChI=1S/C21H13BrFN3O4S/c22-17-6-1-2-7-18(17)31(29,30)20-19(13-8-10-15(23)11-9-13)26(25-24-20)16-5-3-4-14(12-16)21(27)28/h1-12H,(H,27,28). The van der Waals surface area contributed by atoms with Gasteiger partial charge in [-0.1, -0.05) is 23.4 Å². The van der Waals surface area contributed by atoms with Gasteiger partial charge < -0.3 is 5.11 Å². The SMILES string of the molecule is O=C(O)c1cccc(-n2nnc(S(=O)(=O)c3ccccc3Br)c2-c2ccc(F)cc2)c1. The number of aromatic nitrogens is 3. The van der Waals surface area contributed by atoms with Gasteiger partial charge in [-0.3, -0.25) is 0 Å². The van der Waals surface area contributed by atoms with Crippen LogP contribution in [0.1, 0.15) is 10.4 Å². The minimum atomic E-state index is -4.12. The van der Waals surface area contributed by atoms with Crippen LogP contribution in [0.3, 0.4) is 0 Å². The summed E-state index contributed by atoms with van der Waals surface area (Å²) in [7, 11) is -4.12. The normalized spacial score (nSPS) is 11.4. The number of benzene rings is 3.